The van der Waals surface area contributed by atoms with Gasteiger partial charge in [0.2, 0.25) is 10.0 Å². The molecule has 0 aliphatic carbocycles. The van der Waals surface area contributed by atoms with Crippen LogP contribution < -0.4 is 4.72 Å². The van der Waals surface area contributed by atoms with Gasteiger partial charge in [0.15, 0.2) is 0 Å². The van der Waals surface area contributed by atoms with E-state index in [9.17, 15) is 8.42 Å². The second-order valence-electron chi connectivity index (χ2n) is 4.20. The fraction of sp³-hybridized carbons (Fsp3) is 0.900. The van der Waals surface area contributed by atoms with Gasteiger partial charge in [0.25, 0.3) is 0 Å². The molecule has 0 aromatic rings. The van der Waals surface area contributed by atoms with Crippen molar-refractivity contribution in [2.75, 3.05) is 26.2 Å². The van der Waals surface area contributed by atoms with E-state index in [1.54, 1.807) is 13.8 Å². The lowest BCUT2D eigenvalue weighted by atomic mass is 10.1. The van der Waals surface area contributed by atoms with Crippen LogP contribution in [0.4, 0.5) is 0 Å². The van der Waals surface area contributed by atoms with E-state index in [0.29, 0.717) is 6.54 Å². The monoisotopic (exact) mass is 233 g/mol. The van der Waals surface area contributed by atoms with E-state index in [4.69, 9.17) is 0 Å². The maximum absolute atomic E-state index is 11.4. The van der Waals surface area contributed by atoms with Crippen molar-refractivity contribution in [3.63, 3.8) is 0 Å². The van der Waals surface area contributed by atoms with Gasteiger partial charge in [-0.3, -0.25) is 0 Å². The Morgan fingerprint density at radius 1 is 1.33 bits per heavy atom. The third kappa shape index (κ3) is 4.49. The molecule has 0 aromatic carbocycles. The SMILES string of the molecule is CC(C)S(=O)(=O)NCCN1CC[CH]CC1. The first-order chi connectivity index (χ1) is 7.02. The molecule has 0 amide bonds. The van der Waals surface area contributed by atoms with Crippen LogP contribution in [0.3, 0.4) is 0 Å². The van der Waals surface area contributed by atoms with Gasteiger partial charge in [-0.1, -0.05) is 0 Å². The minimum absolute atomic E-state index is 0.341. The number of piperidine rings is 1. The summed E-state index contributed by atoms with van der Waals surface area (Å²) in [6, 6.07) is 0. The summed E-state index contributed by atoms with van der Waals surface area (Å²) in [5.74, 6) is 0. The number of hydrogen-bond acceptors (Lipinski definition) is 3. The predicted molar refractivity (Wildman–Crippen MR) is 62.0 cm³/mol. The van der Waals surface area contributed by atoms with E-state index in [0.717, 1.165) is 32.5 Å². The van der Waals surface area contributed by atoms with E-state index in [-0.39, 0.29) is 5.25 Å². The highest BCUT2D eigenvalue weighted by atomic mass is 32.2. The standard InChI is InChI=1S/C10H21N2O2S/c1-10(2)15(13,14)11-6-9-12-7-4-3-5-8-12/h3,10-11H,4-9H2,1-2H3. The lowest BCUT2D eigenvalue weighted by Crippen LogP contribution is -2.39. The Morgan fingerprint density at radius 3 is 2.47 bits per heavy atom. The molecule has 1 radical (unpaired) electrons. The highest BCUT2D eigenvalue weighted by molar-refractivity contribution is 7.90. The molecule has 89 valence electrons. The highest BCUT2D eigenvalue weighted by Gasteiger charge is 2.16. The minimum Gasteiger partial charge on any atom is -0.302 e. The summed E-state index contributed by atoms with van der Waals surface area (Å²) in [5, 5.41) is -0.341. The molecule has 4 nitrogen and oxygen atoms in total. The number of hydrogen-bond donors (Lipinski definition) is 1. The molecule has 5 heteroatoms. The van der Waals surface area contributed by atoms with Crippen LogP contribution in [0.1, 0.15) is 26.7 Å². The number of rotatable bonds is 5. The molecule has 0 saturated carbocycles. The lowest BCUT2D eigenvalue weighted by Gasteiger charge is -2.26. The van der Waals surface area contributed by atoms with E-state index in [1.165, 1.54) is 0 Å². The normalized spacial score (nSPS) is 19.7. The molecule has 1 saturated heterocycles. The fourth-order valence-electron chi connectivity index (χ4n) is 1.54. The molecule has 1 rings (SSSR count). The van der Waals surface area contributed by atoms with Gasteiger partial charge in [0, 0.05) is 13.1 Å². The molecule has 0 aromatic heterocycles. The average molecular weight is 233 g/mol. The van der Waals surface area contributed by atoms with E-state index >= 15 is 0 Å². The van der Waals surface area contributed by atoms with Gasteiger partial charge in [-0.2, -0.15) is 0 Å². The highest BCUT2D eigenvalue weighted by Crippen LogP contribution is 2.06. The molecule has 1 heterocycles. The summed E-state index contributed by atoms with van der Waals surface area (Å²) in [6.07, 6.45) is 4.53. The van der Waals surface area contributed by atoms with Crippen LogP contribution in [0, 0.1) is 6.42 Å². The van der Waals surface area contributed by atoms with E-state index < -0.39 is 10.0 Å². The summed E-state index contributed by atoms with van der Waals surface area (Å²) in [7, 11) is -3.08. The van der Waals surface area contributed by atoms with Crippen molar-refractivity contribution >= 4 is 10.0 Å². The number of nitrogens with one attached hydrogen (secondary N) is 1. The van der Waals surface area contributed by atoms with Crippen LogP contribution in [-0.4, -0.2) is 44.7 Å². The smallest absolute Gasteiger partial charge is 0.213 e. The van der Waals surface area contributed by atoms with Crippen LogP contribution in [0.5, 0.6) is 0 Å². The summed E-state index contributed by atoms with van der Waals surface area (Å²) in [4.78, 5) is 2.29. The summed E-state index contributed by atoms with van der Waals surface area (Å²) >= 11 is 0. The molecular formula is C10H21N2O2S. The minimum atomic E-state index is -3.08. The summed E-state index contributed by atoms with van der Waals surface area (Å²) in [5.41, 5.74) is 0. The Morgan fingerprint density at radius 2 is 1.93 bits per heavy atom. The Balaban J connectivity index is 2.20. The molecular weight excluding hydrogens is 212 g/mol. The third-order valence-corrected chi connectivity index (χ3v) is 4.50. The summed E-state index contributed by atoms with van der Waals surface area (Å²) < 4.78 is 25.5. The first-order valence-electron chi connectivity index (χ1n) is 5.55. The Kier molecular flexibility index (Phi) is 5.02. The van der Waals surface area contributed by atoms with Crippen molar-refractivity contribution in [3.8, 4) is 0 Å². The van der Waals surface area contributed by atoms with Gasteiger partial charge < -0.3 is 4.90 Å². The van der Waals surface area contributed by atoms with Gasteiger partial charge in [-0.05, 0) is 46.2 Å². The molecule has 0 unspecified atom stereocenters. The maximum Gasteiger partial charge on any atom is 0.213 e. The molecule has 1 aliphatic heterocycles. The van der Waals surface area contributed by atoms with Gasteiger partial charge >= 0.3 is 0 Å². The largest absolute Gasteiger partial charge is 0.302 e. The lowest BCUT2D eigenvalue weighted by molar-refractivity contribution is 0.258. The Labute approximate surface area is 93.1 Å². The maximum atomic E-state index is 11.4. The van der Waals surface area contributed by atoms with Crippen molar-refractivity contribution in [2.45, 2.75) is 31.9 Å². The van der Waals surface area contributed by atoms with Crippen molar-refractivity contribution in [1.82, 2.24) is 9.62 Å². The van der Waals surface area contributed by atoms with Crippen molar-refractivity contribution in [1.29, 1.82) is 0 Å². The van der Waals surface area contributed by atoms with Crippen molar-refractivity contribution in [3.05, 3.63) is 6.42 Å². The molecule has 1 fully saturated rings. The molecule has 0 atom stereocenters. The van der Waals surface area contributed by atoms with Crippen LogP contribution in [-0.2, 0) is 10.0 Å². The molecule has 0 spiro atoms. The first kappa shape index (κ1) is 12.9. The van der Waals surface area contributed by atoms with Gasteiger partial charge in [-0.15, -0.1) is 0 Å². The zero-order valence-electron chi connectivity index (χ0n) is 9.57. The average Bonchev–Trinajstić information content (AvgIpc) is 2.19. The zero-order chi connectivity index (χ0) is 11.3. The van der Waals surface area contributed by atoms with Gasteiger partial charge in [0.05, 0.1) is 5.25 Å². The molecule has 1 aliphatic rings. The Bertz CT molecular complexity index is 269. The number of sulfonamides is 1. The van der Waals surface area contributed by atoms with Gasteiger partial charge in [0.1, 0.15) is 0 Å². The predicted octanol–water partition coefficient (Wildman–Crippen LogP) is 0.614. The van der Waals surface area contributed by atoms with Crippen LogP contribution >= 0.6 is 0 Å². The molecule has 1 N–H and O–H groups in total. The first-order valence-corrected chi connectivity index (χ1v) is 7.09. The second kappa shape index (κ2) is 5.82. The summed E-state index contributed by atoms with van der Waals surface area (Å²) in [6.45, 7) is 6.85. The van der Waals surface area contributed by atoms with Crippen molar-refractivity contribution in [2.24, 2.45) is 0 Å². The number of likely N-dealkylation sites (tertiary alicyclic amines) is 1. The van der Waals surface area contributed by atoms with Gasteiger partial charge in [-0.25, -0.2) is 13.1 Å². The Hall–Kier alpha value is -0.130. The quantitative estimate of drug-likeness (QED) is 0.757. The van der Waals surface area contributed by atoms with Crippen LogP contribution in [0.15, 0.2) is 0 Å². The van der Waals surface area contributed by atoms with Crippen LogP contribution in [0.2, 0.25) is 0 Å². The fourth-order valence-corrected chi connectivity index (χ4v) is 2.25. The van der Waals surface area contributed by atoms with Crippen LogP contribution in [0.25, 0.3) is 0 Å². The molecule has 15 heavy (non-hydrogen) atoms. The topological polar surface area (TPSA) is 49.4 Å². The zero-order valence-corrected chi connectivity index (χ0v) is 10.4. The third-order valence-electron chi connectivity index (χ3n) is 2.65. The molecule has 0 bridgehead atoms. The number of nitrogens with zero attached hydrogens (tertiary/aromatic N) is 1. The van der Waals surface area contributed by atoms with Crippen molar-refractivity contribution < 1.29 is 8.42 Å². The second-order valence-corrected chi connectivity index (χ2v) is 6.52. The van der Waals surface area contributed by atoms with E-state index in [1.807, 2.05) is 0 Å². The van der Waals surface area contributed by atoms with E-state index in [2.05, 4.69) is 16.0 Å².